The van der Waals surface area contributed by atoms with E-state index in [0.29, 0.717) is 17.8 Å². The van der Waals surface area contributed by atoms with E-state index in [1.54, 1.807) is 10.9 Å². The maximum absolute atomic E-state index is 12.7. The summed E-state index contributed by atoms with van der Waals surface area (Å²) < 4.78 is 7.36. The highest BCUT2D eigenvalue weighted by Gasteiger charge is 2.22. The fraction of sp³-hybridized carbons (Fsp3) is 0.500. The molecule has 3 aromatic rings. The quantitative estimate of drug-likeness (QED) is 0.636. The number of aromatic nitrogens is 3. The Labute approximate surface area is 183 Å². The summed E-state index contributed by atoms with van der Waals surface area (Å²) in [5, 5.41) is 11.8. The first-order chi connectivity index (χ1) is 13.9. The van der Waals surface area contributed by atoms with Crippen LogP contribution in [0.3, 0.4) is 0 Å². The number of nitrogens with one attached hydrogen (secondary N) is 2. The second kappa shape index (κ2) is 9.18. The topological polar surface area (TPSA) is 85.0 Å². The van der Waals surface area contributed by atoms with E-state index in [0.717, 1.165) is 48.3 Å². The maximum atomic E-state index is 12.7. The number of benzene rings is 1. The van der Waals surface area contributed by atoms with Gasteiger partial charge in [0.2, 0.25) is 11.9 Å². The van der Waals surface area contributed by atoms with Crippen molar-refractivity contribution in [1.29, 1.82) is 0 Å². The zero-order valence-corrected chi connectivity index (χ0v) is 18.8. The predicted molar refractivity (Wildman–Crippen MR) is 120 cm³/mol. The van der Waals surface area contributed by atoms with Gasteiger partial charge in [-0.15, -0.1) is 12.4 Å². The summed E-state index contributed by atoms with van der Waals surface area (Å²) in [5.41, 5.74) is 4.20. The molecule has 162 valence electrons. The highest BCUT2D eigenvalue weighted by molar-refractivity contribution is 5.94. The Balaban J connectivity index is 0.00000256. The number of hydrogen-bond donors (Lipinski definition) is 2. The van der Waals surface area contributed by atoms with Crippen LogP contribution < -0.4 is 10.6 Å². The normalized spacial score (nSPS) is 14.8. The molecule has 8 heteroatoms. The van der Waals surface area contributed by atoms with Gasteiger partial charge in [-0.25, -0.2) is 4.68 Å². The van der Waals surface area contributed by atoms with E-state index in [9.17, 15) is 4.79 Å². The molecule has 1 aromatic carbocycles. The minimum absolute atomic E-state index is 0. The van der Waals surface area contributed by atoms with Crippen LogP contribution in [-0.4, -0.2) is 33.8 Å². The number of carbonyl (C=O) groups excluding carboxylic acids is 1. The van der Waals surface area contributed by atoms with Gasteiger partial charge in [-0.1, -0.05) is 13.8 Å². The molecule has 0 radical (unpaired) electrons. The Morgan fingerprint density at radius 2 is 2.07 bits per heavy atom. The third-order valence-electron chi connectivity index (χ3n) is 5.75. The Bertz CT molecular complexity index is 1030. The summed E-state index contributed by atoms with van der Waals surface area (Å²) in [6, 6.07) is 4.21. The molecule has 2 N–H and O–H groups in total. The van der Waals surface area contributed by atoms with Crippen LogP contribution in [0.5, 0.6) is 0 Å². The van der Waals surface area contributed by atoms with Crippen molar-refractivity contribution in [3.05, 3.63) is 40.9 Å². The van der Waals surface area contributed by atoms with Gasteiger partial charge in [0.15, 0.2) is 5.82 Å². The zero-order valence-electron chi connectivity index (χ0n) is 18.0. The lowest BCUT2D eigenvalue weighted by molar-refractivity contribution is -0.115. The molecule has 2 aromatic heterocycles. The Morgan fingerprint density at radius 3 is 2.77 bits per heavy atom. The molecule has 0 spiro atoms. The minimum Gasteiger partial charge on any atom is -0.464 e. The van der Waals surface area contributed by atoms with Crippen molar-refractivity contribution in [1.82, 2.24) is 20.1 Å². The number of nitrogens with zero attached hydrogens (tertiary/aromatic N) is 3. The zero-order chi connectivity index (χ0) is 20.5. The van der Waals surface area contributed by atoms with E-state index in [1.807, 2.05) is 7.05 Å². The molecule has 3 heterocycles. The number of furan rings is 1. The first-order valence-corrected chi connectivity index (χ1v) is 10.3. The number of fused-ring (bicyclic) bond motifs is 1. The largest absolute Gasteiger partial charge is 0.464 e. The summed E-state index contributed by atoms with van der Waals surface area (Å²) in [7, 11) is 1.82. The van der Waals surface area contributed by atoms with Crippen LogP contribution in [-0.2, 0) is 18.3 Å². The number of rotatable bonds is 5. The molecule has 30 heavy (non-hydrogen) atoms. The van der Waals surface area contributed by atoms with E-state index in [2.05, 4.69) is 53.6 Å². The summed E-state index contributed by atoms with van der Waals surface area (Å²) in [6.07, 6.45) is 3.97. The van der Waals surface area contributed by atoms with Gasteiger partial charge in [0.25, 0.3) is 0 Å². The number of hydrogen-bond acceptors (Lipinski definition) is 5. The van der Waals surface area contributed by atoms with Gasteiger partial charge < -0.3 is 9.73 Å². The second-order valence-corrected chi connectivity index (χ2v) is 8.29. The van der Waals surface area contributed by atoms with Crippen molar-refractivity contribution in [2.45, 2.75) is 51.9 Å². The third kappa shape index (κ3) is 4.52. The van der Waals surface area contributed by atoms with E-state index < -0.39 is 0 Å². The third-order valence-corrected chi connectivity index (χ3v) is 5.75. The number of carbonyl (C=O) groups is 1. The molecule has 1 saturated heterocycles. The molecule has 1 aliphatic heterocycles. The van der Waals surface area contributed by atoms with Crippen molar-refractivity contribution in [2.75, 3.05) is 18.4 Å². The Morgan fingerprint density at radius 1 is 1.33 bits per heavy atom. The van der Waals surface area contributed by atoms with Gasteiger partial charge in [-0.2, -0.15) is 10.1 Å². The van der Waals surface area contributed by atoms with Crippen LogP contribution >= 0.6 is 12.4 Å². The van der Waals surface area contributed by atoms with Crippen molar-refractivity contribution < 1.29 is 9.21 Å². The van der Waals surface area contributed by atoms with Crippen molar-refractivity contribution in [2.24, 2.45) is 7.05 Å². The summed E-state index contributed by atoms with van der Waals surface area (Å²) in [6.45, 7) is 8.41. The fourth-order valence-corrected chi connectivity index (χ4v) is 4.11. The SMILES string of the molecule is Cc1cc2occ(CC(=O)Nc3nc(C4CCNCC4)nn3C)c2cc1C(C)C.Cl. The molecule has 0 bridgehead atoms. The second-order valence-electron chi connectivity index (χ2n) is 8.29. The molecule has 4 rings (SSSR count). The molecule has 0 unspecified atom stereocenters. The summed E-state index contributed by atoms with van der Waals surface area (Å²) in [4.78, 5) is 17.3. The lowest BCUT2D eigenvalue weighted by Crippen LogP contribution is -2.27. The highest BCUT2D eigenvalue weighted by atomic mass is 35.5. The summed E-state index contributed by atoms with van der Waals surface area (Å²) in [5.74, 6) is 1.96. The average Bonchev–Trinajstić information content (AvgIpc) is 3.25. The van der Waals surface area contributed by atoms with Gasteiger partial charge in [0.1, 0.15) is 5.58 Å². The molecule has 1 fully saturated rings. The number of anilines is 1. The maximum Gasteiger partial charge on any atom is 0.231 e. The standard InChI is InChI=1S/C22H29N5O2.ClH/c1-13(2)17-11-18-16(12-29-19(18)9-14(17)3)10-20(28)24-22-25-21(26-27(22)4)15-5-7-23-8-6-15;/h9,11-13,15,23H,5-8,10H2,1-4H3,(H,24,25,26,28);1H. The van der Waals surface area contributed by atoms with Crippen molar-refractivity contribution >= 4 is 35.2 Å². The smallest absolute Gasteiger partial charge is 0.231 e. The van der Waals surface area contributed by atoms with Crippen LogP contribution in [0.4, 0.5) is 5.95 Å². The molecule has 0 saturated carbocycles. The minimum atomic E-state index is -0.119. The van der Waals surface area contributed by atoms with E-state index >= 15 is 0 Å². The molecular weight excluding hydrogens is 402 g/mol. The predicted octanol–water partition coefficient (Wildman–Crippen LogP) is 4.06. The van der Waals surface area contributed by atoms with Crippen LogP contribution in [0.2, 0.25) is 0 Å². The van der Waals surface area contributed by atoms with Gasteiger partial charge in [0, 0.05) is 23.9 Å². The van der Waals surface area contributed by atoms with Crippen LogP contribution in [0.1, 0.15) is 61.0 Å². The van der Waals surface area contributed by atoms with E-state index in [-0.39, 0.29) is 24.7 Å². The number of amides is 1. The number of aryl methyl sites for hydroxylation is 2. The lowest BCUT2D eigenvalue weighted by Gasteiger charge is -2.19. The summed E-state index contributed by atoms with van der Waals surface area (Å²) >= 11 is 0. The van der Waals surface area contributed by atoms with Crippen molar-refractivity contribution in [3.8, 4) is 0 Å². The molecule has 0 aliphatic carbocycles. The number of halogens is 1. The first-order valence-electron chi connectivity index (χ1n) is 10.3. The fourth-order valence-electron chi connectivity index (χ4n) is 4.11. The first kappa shape index (κ1) is 22.3. The molecule has 7 nitrogen and oxygen atoms in total. The Kier molecular flexibility index (Phi) is 6.83. The molecule has 0 atom stereocenters. The molecular formula is C22H30ClN5O2. The highest BCUT2D eigenvalue weighted by Crippen LogP contribution is 2.29. The van der Waals surface area contributed by atoms with Gasteiger partial charge in [0.05, 0.1) is 12.7 Å². The molecule has 1 amide bonds. The van der Waals surface area contributed by atoms with Gasteiger partial charge >= 0.3 is 0 Å². The van der Waals surface area contributed by atoms with Gasteiger partial charge in [-0.3, -0.25) is 10.1 Å². The van der Waals surface area contributed by atoms with E-state index in [1.165, 1.54) is 11.1 Å². The van der Waals surface area contributed by atoms with Crippen LogP contribution in [0, 0.1) is 6.92 Å². The van der Waals surface area contributed by atoms with Crippen LogP contribution in [0.25, 0.3) is 11.0 Å². The monoisotopic (exact) mass is 431 g/mol. The molecule has 1 aliphatic rings. The number of piperidine rings is 1. The lowest BCUT2D eigenvalue weighted by atomic mass is 9.95. The van der Waals surface area contributed by atoms with E-state index in [4.69, 9.17) is 4.42 Å². The van der Waals surface area contributed by atoms with Crippen LogP contribution in [0.15, 0.2) is 22.8 Å². The van der Waals surface area contributed by atoms with Gasteiger partial charge in [-0.05, 0) is 62.0 Å². The average molecular weight is 432 g/mol. The Hall–Kier alpha value is -2.38. The van der Waals surface area contributed by atoms with Crippen molar-refractivity contribution in [3.63, 3.8) is 0 Å².